The number of benzene rings is 1. The van der Waals surface area contributed by atoms with Gasteiger partial charge in [0.2, 0.25) is 5.91 Å². The van der Waals surface area contributed by atoms with E-state index in [0.29, 0.717) is 11.4 Å². The standard InChI is InChI=1S/C13H10FN3O2/c1-7-6-15-17-11(7)16-12(18)10(13(17)19)8-2-4-9(14)5-3-8/h2-6,10H,1H3,(H,16,18). The first-order valence-electron chi connectivity index (χ1n) is 5.73. The normalized spacial score (nSPS) is 18.1. The Hall–Kier alpha value is -2.50. The van der Waals surface area contributed by atoms with Crippen LogP contribution >= 0.6 is 0 Å². The maximum atomic E-state index is 12.9. The van der Waals surface area contributed by atoms with Gasteiger partial charge in [-0.3, -0.25) is 9.59 Å². The molecule has 1 atom stereocenters. The highest BCUT2D eigenvalue weighted by Crippen LogP contribution is 2.28. The van der Waals surface area contributed by atoms with Gasteiger partial charge >= 0.3 is 0 Å². The molecule has 96 valence electrons. The van der Waals surface area contributed by atoms with E-state index < -0.39 is 23.5 Å². The molecular weight excluding hydrogens is 249 g/mol. The van der Waals surface area contributed by atoms with Crippen molar-refractivity contribution in [2.24, 2.45) is 0 Å². The Kier molecular flexibility index (Phi) is 2.45. The van der Waals surface area contributed by atoms with Gasteiger partial charge < -0.3 is 5.32 Å². The highest BCUT2D eigenvalue weighted by atomic mass is 19.1. The zero-order valence-electron chi connectivity index (χ0n) is 10.1. The molecule has 2 heterocycles. The summed E-state index contributed by atoms with van der Waals surface area (Å²) in [6.07, 6.45) is 1.51. The number of hydrogen-bond acceptors (Lipinski definition) is 3. The quantitative estimate of drug-likeness (QED) is 0.793. The fraction of sp³-hybridized carbons (Fsp3) is 0.154. The zero-order chi connectivity index (χ0) is 13.6. The fourth-order valence-electron chi connectivity index (χ4n) is 2.12. The van der Waals surface area contributed by atoms with E-state index in [0.717, 1.165) is 5.56 Å². The van der Waals surface area contributed by atoms with Gasteiger partial charge in [0.15, 0.2) is 0 Å². The number of nitrogens with one attached hydrogen (secondary N) is 1. The average Bonchev–Trinajstić information content (AvgIpc) is 2.74. The van der Waals surface area contributed by atoms with Crippen LogP contribution in [0.4, 0.5) is 10.2 Å². The van der Waals surface area contributed by atoms with Crippen molar-refractivity contribution < 1.29 is 14.0 Å². The van der Waals surface area contributed by atoms with Crippen LogP contribution in [0.25, 0.3) is 0 Å². The van der Waals surface area contributed by atoms with Crippen LogP contribution in [0.5, 0.6) is 0 Å². The summed E-state index contributed by atoms with van der Waals surface area (Å²) in [7, 11) is 0. The molecule has 0 saturated carbocycles. The maximum Gasteiger partial charge on any atom is 0.265 e. The molecule has 2 aromatic rings. The highest BCUT2D eigenvalue weighted by molar-refractivity contribution is 6.15. The second-order valence-corrected chi connectivity index (χ2v) is 4.40. The van der Waals surface area contributed by atoms with Crippen molar-refractivity contribution in [2.45, 2.75) is 12.8 Å². The molecule has 5 nitrogen and oxygen atoms in total. The van der Waals surface area contributed by atoms with E-state index >= 15 is 0 Å². The van der Waals surface area contributed by atoms with E-state index in [1.54, 1.807) is 6.92 Å². The Morgan fingerprint density at radius 1 is 1.26 bits per heavy atom. The van der Waals surface area contributed by atoms with Crippen LogP contribution in [0.15, 0.2) is 30.5 Å². The summed E-state index contributed by atoms with van der Waals surface area (Å²) in [5, 5.41) is 6.59. The number of halogens is 1. The topological polar surface area (TPSA) is 64.0 Å². The van der Waals surface area contributed by atoms with Crippen LogP contribution in [0, 0.1) is 12.7 Å². The molecule has 1 aromatic carbocycles. The first-order chi connectivity index (χ1) is 9.08. The van der Waals surface area contributed by atoms with Gasteiger partial charge in [0, 0.05) is 5.56 Å². The fourth-order valence-corrected chi connectivity index (χ4v) is 2.12. The van der Waals surface area contributed by atoms with E-state index in [1.807, 2.05) is 0 Å². The smallest absolute Gasteiger partial charge is 0.265 e. The van der Waals surface area contributed by atoms with Crippen LogP contribution in [0.3, 0.4) is 0 Å². The van der Waals surface area contributed by atoms with Gasteiger partial charge in [0.05, 0.1) is 6.20 Å². The zero-order valence-corrected chi connectivity index (χ0v) is 10.1. The molecule has 1 unspecified atom stereocenters. The van der Waals surface area contributed by atoms with Crippen molar-refractivity contribution in [3.63, 3.8) is 0 Å². The average molecular weight is 259 g/mol. The number of fused-ring (bicyclic) bond motifs is 1. The number of aryl methyl sites for hydroxylation is 1. The van der Waals surface area contributed by atoms with Crippen LogP contribution in [0.2, 0.25) is 0 Å². The minimum atomic E-state index is -0.993. The van der Waals surface area contributed by atoms with Crippen molar-refractivity contribution in [1.29, 1.82) is 0 Å². The van der Waals surface area contributed by atoms with Crippen molar-refractivity contribution in [1.82, 2.24) is 9.78 Å². The third-order valence-corrected chi connectivity index (χ3v) is 3.12. The highest BCUT2D eigenvalue weighted by Gasteiger charge is 2.36. The Bertz CT molecular complexity index is 676. The van der Waals surface area contributed by atoms with Gasteiger partial charge in [-0.05, 0) is 24.6 Å². The molecule has 0 fully saturated rings. The Labute approximate surface area is 108 Å². The lowest BCUT2D eigenvalue weighted by Crippen LogP contribution is -2.38. The molecule has 0 saturated heterocycles. The third kappa shape index (κ3) is 1.72. The molecule has 3 rings (SSSR count). The number of anilines is 1. The maximum absolute atomic E-state index is 12.9. The molecule has 0 bridgehead atoms. The summed E-state index contributed by atoms with van der Waals surface area (Å²) in [4.78, 5) is 24.3. The summed E-state index contributed by atoms with van der Waals surface area (Å²) >= 11 is 0. The van der Waals surface area contributed by atoms with Gasteiger partial charge in [0.25, 0.3) is 5.91 Å². The molecule has 1 aromatic heterocycles. The Morgan fingerprint density at radius 3 is 2.63 bits per heavy atom. The van der Waals surface area contributed by atoms with Gasteiger partial charge in [-0.25, -0.2) is 4.39 Å². The first-order valence-corrected chi connectivity index (χ1v) is 5.73. The number of rotatable bonds is 1. The molecule has 0 spiro atoms. The summed E-state index contributed by atoms with van der Waals surface area (Å²) in [6, 6.07) is 5.30. The minimum absolute atomic E-state index is 0.397. The second-order valence-electron chi connectivity index (χ2n) is 4.40. The number of amides is 1. The van der Waals surface area contributed by atoms with Gasteiger partial charge in [-0.2, -0.15) is 9.78 Å². The molecule has 19 heavy (non-hydrogen) atoms. The molecule has 0 radical (unpaired) electrons. The number of hydrogen-bond donors (Lipinski definition) is 1. The molecule has 1 aliphatic rings. The lowest BCUT2D eigenvalue weighted by Gasteiger charge is -2.22. The van der Waals surface area contributed by atoms with Crippen molar-refractivity contribution in [3.05, 3.63) is 47.4 Å². The van der Waals surface area contributed by atoms with Crippen molar-refractivity contribution in [3.8, 4) is 0 Å². The lowest BCUT2D eigenvalue weighted by molar-refractivity contribution is -0.117. The van der Waals surface area contributed by atoms with Crippen LogP contribution in [-0.4, -0.2) is 21.6 Å². The lowest BCUT2D eigenvalue weighted by atomic mass is 9.96. The Morgan fingerprint density at radius 2 is 1.95 bits per heavy atom. The van der Waals surface area contributed by atoms with Crippen LogP contribution in [-0.2, 0) is 4.79 Å². The second kappa shape index (κ2) is 4.01. The molecule has 1 aliphatic heterocycles. The van der Waals surface area contributed by atoms with Crippen molar-refractivity contribution in [2.75, 3.05) is 5.32 Å². The summed E-state index contributed by atoms with van der Waals surface area (Å²) in [5.41, 5.74) is 1.17. The molecular formula is C13H10FN3O2. The van der Waals surface area contributed by atoms with Gasteiger partial charge in [-0.15, -0.1) is 0 Å². The van der Waals surface area contributed by atoms with Crippen LogP contribution in [0.1, 0.15) is 21.8 Å². The Balaban J connectivity index is 2.06. The molecule has 1 amide bonds. The number of carbonyl (C=O) groups is 2. The number of aromatic nitrogens is 2. The van der Waals surface area contributed by atoms with E-state index in [9.17, 15) is 14.0 Å². The third-order valence-electron chi connectivity index (χ3n) is 3.12. The molecule has 0 aliphatic carbocycles. The number of nitrogens with zero attached hydrogens (tertiary/aromatic N) is 2. The molecule has 6 heteroatoms. The summed E-state index contributed by atoms with van der Waals surface area (Å²) < 4.78 is 14.1. The summed E-state index contributed by atoms with van der Waals surface area (Å²) in [5.74, 6) is -1.87. The number of carbonyl (C=O) groups excluding carboxylic acids is 2. The van der Waals surface area contributed by atoms with E-state index in [1.165, 1.54) is 35.1 Å². The molecule has 1 N–H and O–H groups in total. The SMILES string of the molecule is Cc1cnn2c1NC(=O)C(c1ccc(F)cc1)C2=O. The van der Waals surface area contributed by atoms with Gasteiger partial charge in [0.1, 0.15) is 17.6 Å². The first kappa shape index (κ1) is 11.6. The van der Waals surface area contributed by atoms with Crippen LogP contribution < -0.4 is 5.32 Å². The summed E-state index contributed by atoms with van der Waals surface area (Å²) in [6.45, 7) is 1.75. The van der Waals surface area contributed by atoms with E-state index in [2.05, 4.69) is 10.4 Å². The monoisotopic (exact) mass is 259 g/mol. The predicted octanol–water partition coefficient (Wildman–Crippen LogP) is 1.71. The largest absolute Gasteiger partial charge is 0.309 e. The predicted molar refractivity (Wildman–Crippen MR) is 65.4 cm³/mol. The van der Waals surface area contributed by atoms with Crippen molar-refractivity contribution >= 4 is 17.6 Å². The minimum Gasteiger partial charge on any atom is -0.309 e. The van der Waals surface area contributed by atoms with E-state index in [4.69, 9.17) is 0 Å². The van der Waals surface area contributed by atoms with E-state index in [-0.39, 0.29) is 0 Å². The van der Waals surface area contributed by atoms with Gasteiger partial charge in [-0.1, -0.05) is 12.1 Å².